The Kier molecular flexibility index (Phi) is 5.04. The fourth-order valence-corrected chi connectivity index (χ4v) is 2.69. The van der Waals surface area contributed by atoms with Gasteiger partial charge in [0.25, 0.3) is 11.5 Å². The standard InChI is InChI=1S/C20H19N3O2/c1-2-23-13-10-17(14-18(23)24)20(25)22-19(15-6-4-3-5-7-15)16-8-11-21-12-9-16/h3-14,19H,2H2,1H3,(H,22,25)/t19-/m0/s1. The summed E-state index contributed by atoms with van der Waals surface area (Å²) < 4.78 is 1.55. The second kappa shape index (κ2) is 7.57. The van der Waals surface area contributed by atoms with Crippen LogP contribution in [0.3, 0.4) is 0 Å². The van der Waals surface area contributed by atoms with E-state index in [1.165, 1.54) is 6.07 Å². The average Bonchev–Trinajstić information content (AvgIpc) is 2.67. The zero-order valence-electron chi connectivity index (χ0n) is 13.9. The van der Waals surface area contributed by atoms with Gasteiger partial charge in [0.1, 0.15) is 0 Å². The summed E-state index contributed by atoms with van der Waals surface area (Å²) >= 11 is 0. The molecule has 0 unspecified atom stereocenters. The molecule has 0 aliphatic carbocycles. The summed E-state index contributed by atoms with van der Waals surface area (Å²) in [5.41, 5.74) is 2.06. The summed E-state index contributed by atoms with van der Waals surface area (Å²) in [4.78, 5) is 28.7. The second-order valence-corrected chi connectivity index (χ2v) is 5.64. The Hall–Kier alpha value is -3.21. The molecule has 2 aromatic heterocycles. The lowest BCUT2D eigenvalue weighted by atomic mass is 9.99. The number of aromatic nitrogens is 2. The molecular weight excluding hydrogens is 314 g/mol. The third-order valence-electron chi connectivity index (χ3n) is 4.05. The maximum atomic E-state index is 12.7. The molecule has 126 valence electrons. The first-order valence-electron chi connectivity index (χ1n) is 8.15. The number of benzene rings is 1. The first-order valence-corrected chi connectivity index (χ1v) is 8.15. The summed E-state index contributed by atoms with van der Waals surface area (Å²) in [6.07, 6.45) is 5.03. The summed E-state index contributed by atoms with van der Waals surface area (Å²) in [5.74, 6) is -0.286. The molecule has 3 rings (SSSR count). The number of rotatable bonds is 5. The summed E-state index contributed by atoms with van der Waals surface area (Å²) in [5, 5.41) is 3.02. The summed E-state index contributed by atoms with van der Waals surface area (Å²) in [6.45, 7) is 2.46. The van der Waals surface area contributed by atoms with E-state index >= 15 is 0 Å². The highest BCUT2D eigenvalue weighted by atomic mass is 16.2. The molecule has 3 aromatic rings. The SMILES string of the molecule is CCn1ccc(C(=O)N[C@@H](c2ccccc2)c2ccncc2)cc1=O. The molecule has 0 saturated heterocycles. The van der Waals surface area contributed by atoms with Crippen LogP contribution in [0.2, 0.25) is 0 Å². The van der Waals surface area contributed by atoms with Crippen LogP contribution in [0, 0.1) is 0 Å². The largest absolute Gasteiger partial charge is 0.341 e. The van der Waals surface area contributed by atoms with Gasteiger partial charge in [-0.15, -0.1) is 0 Å². The van der Waals surface area contributed by atoms with E-state index in [9.17, 15) is 9.59 Å². The van der Waals surface area contributed by atoms with Crippen LogP contribution in [0.25, 0.3) is 0 Å². The van der Waals surface area contributed by atoms with Gasteiger partial charge in [-0.1, -0.05) is 30.3 Å². The van der Waals surface area contributed by atoms with Gasteiger partial charge in [0.2, 0.25) is 0 Å². The molecule has 25 heavy (non-hydrogen) atoms. The lowest BCUT2D eigenvalue weighted by Gasteiger charge is -2.20. The highest BCUT2D eigenvalue weighted by Gasteiger charge is 2.18. The molecule has 0 aliphatic rings. The van der Waals surface area contributed by atoms with E-state index in [0.717, 1.165) is 11.1 Å². The number of nitrogens with zero attached hydrogens (tertiary/aromatic N) is 2. The van der Waals surface area contributed by atoms with E-state index < -0.39 is 0 Å². The number of amides is 1. The average molecular weight is 333 g/mol. The predicted octanol–water partition coefficient (Wildman–Crippen LogP) is 2.78. The van der Waals surface area contributed by atoms with Crippen LogP contribution in [0.5, 0.6) is 0 Å². The lowest BCUT2D eigenvalue weighted by molar-refractivity contribution is 0.0942. The molecular formula is C20H19N3O2. The van der Waals surface area contributed by atoms with Gasteiger partial charge in [0, 0.05) is 36.8 Å². The Morgan fingerprint density at radius 3 is 2.40 bits per heavy atom. The van der Waals surface area contributed by atoms with Crippen molar-refractivity contribution in [1.29, 1.82) is 0 Å². The Labute approximate surface area is 146 Å². The molecule has 0 aliphatic heterocycles. The molecule has 0 fully saturated rings. The highest BCUT2D eigenvalue weighted by molar-refractivity contribution is 5.94. The molecule has 0 spiro atoms. The quantitative estimate of drug-likeness (QED) is 0.781. The second-order valence-electron chi connectivity index (χ2n) is 5.64. The molecule has 1 aromatic carbocycles. The molecule has 5 nitrogen and oxygen atoms in total. The Balaban J connectivity index is 1.92. The number of carbonyl (C=O) groups excluding carboxylic acids is 1. The maximum Gasteiger partial charge on any atom is 0.252 e. The van der Waals surface area contributed by atoms with E-state index in [-0.39, 0.29) is 17.5 Å². The van der Waals surface area contributed by atoms with Gasteiger partial charge in [-0.05, 0) is 36.2 Å². The van der Waals surface area contributed by atoms with Crippen molar-refractivity contribution in [2.75, 3.05) is 0 Å². The smallest absolute Gasteiger partial charge is 0.252 e. The molecule has 1 N–H and O–H groups in total. The fraction of sp³-hybridized carbons (Fsp3) is 0.150. The molecule has 1 atom stereocenters. The third kappa shape index (κ3) is 3.83. The molecule has 1 amide bonds. The number of hydrogen-bond acceptors (Lipinski definition) is 3. The zero-order chi connectivity index (χ0) is 17.6. The van der Waals surface area contributed by atoms with Crippen LogP contribution in [0.15, 0.2) is 78.0 Å². The Morgan fingerprint density at radius 2 is 1.76 bits per heavy atom. The van der Waals surface area contributed by atoms with Gasteiger partial charge in [0.15, 0.2) is 0 Å². The van der Waals surface area contributed by atoms with Crippen LogP contribution in [0.4, 0.5) is 0 Å². The predicted molar refractivity (Wildman–Crippen MR) is 96.4 cm³/mol. The van der Waals surface area contributed by atoms with Crippen molar-refractivity contribution in [2.45, 2.75) is 19.5 Å². The van der Waals surface area contributed by atoms with Crippen molar-refractivity contribution in [3.8, 4) is 0 Å². The number of pyridine rings is 2. The minimum atomic E-state index is -0.315. The molecule has 0 bridgehead atoms. The van der Waals surface area contributed by atoms with Crippen molar-refractivity contribution < 1.29 is 4.79 Å². The number of hydrogen-bond donors (Lipinski definition) is 1. The summed E-state index contributed by atoms with van der Waals surface area (Å²) in [6, 6.07) is 16.2. The van der Waals surface area contributed by atoms with E-state index in [1.54, 1.807) is 29.2 Å². The normalized spacial score (nSPS) is 11.7. The van der Waals surface area contributed by atoms with Gasteiger partial charge in [-0.2, -0.15) is 0 Å². The maximum absolute atomic E-state index is 12.7. The number of aryl methyl sites for hydroxylation is 1. The van der Waals surface area contributed by atoms with Crippen LogP contribution in [-0.4, -0.2) is 15.5 Å². The van der Waals surface area contributed by atoms with Crippen molar-refractivity contribution >= 4 is 5.91 Å². The lowest BCUT2D eigenvalue weighted by Crippen LogP contribution is -2.31. The first kappa shape index (κ1) is 16.6. The fourth-order valence-electron chi connectivity index (χ4n) is 2.69. The third-order valence-corrected chi connectivity index (χ3v) is 4.05. The van der Waals surface area contributed by atoms with Crippen molar-refractivity contribution in [3.05, 3.63) is 100 Å². The van der Waals surface area contributed by atoms with Gasteiger partial charge in [0.05, 0.1) is 6.04 Å². The zero-order valence-corrected chi connectivity index (χ0v) is 13.9. The van der Waals surface area contributed by atoms with Crippen molar-refractivity contribution in [2.24, 2.45) is 0 Å². The molecule has 2 heterocycles. The highest BCUT2D eigenvalue weighted by Crippen LogP contribution is 2.21. The van der Waals surface area contributed by atoms with Crippen LogP contribution in [-0.2, 0) is 6.54 Å². The van der Waals surface area contributed by atoms with Gasteiger partial charge >= 0.3 is 0 Å². The molecule has 5 heteroatoms. The Morgan fingerprint density at radius 1 is 1.08 bits per heavy atom. The topological polar surface area (TPSA) is 64.0 Å². The van der Waals surface area contributed by atoms with E-state index in [2.05, 4.69) is 10.3 Å². The van der Waals surface area contributed by atoms with Crippen LogP contribution >= 0.6 is 0 Å². The summed E-state index contributed by atoms with van der Waals surface area (Å²) in [7, 11) is 0. The first-order chi connectivity index (χ1) is 12.2. The van der Waals surface area contributed by atoms with Gasteiger partial charge < -0.3 is 9.88 Å². The van der Waals surface area contributed by atoms with Gasteiger partial charge in [-0.3, -0.25) is 14.6 Å². The monoisotopic (exact) mass is 333 g/mol. The number of nitrogens with one attached hydrogen (secondary N) is 1. The van der Waals surface area contributed by atoms with E-state index in [0.29, 0.717) is 12.1 Å². The van der Waals surface area contributed by atoms with E-state index in [4.69, 9.17) is 0 Å². The number of carbonyl (C=O) groups is 1. The van der Waals surface area contributed by atoms with Crippen molar-refractivity contribution in [1.82, 2.24) is 14.9 Å². The van der Waals surface area contributed by atoms with Crippen LogP contribution in [0.1, 0.15) is 34.5 Å². The molecule has 0 radical (unpaired) electrons. The minimum absolute atomic E-state index is 0.185. The van der Waals surface area contributed by atoms with Crippen molar-refractivity contribution in [3.63, 3.8) is 0 Å². The molecule has 0 saturated carbocycles. The Bertz CT molecular complexity index is 865. The minimum Gasteiger partial charge on any atom is -0.341 e. The van der Waals surface area contributed by atoms with E-state index in [1.807, 2.05) is 49.4 Å². The van der Waals surface area contributed by atoms with Gasteiger partial charge in [-0.25, -0.2) is 0 Å². The van der Waals surface area contributed by atoms with Crippen LogP contribution < -0.4 is 10.9 Å².